The minimum absolute atomic E-state index is 0.0336. The predicted octanol–water partition coefficient (Wildman–Crippen LogP) is 7.93. The molecule has 0 bridgehead atoms. The molecule has 6 rings (SSSR count). The van der Waals surface area contributed by atoms with Gasteiger partial charge in [-0.25, -0.2) is 5.01 Å². The lowest BCUT2D eigenvalue weighted by atomic mass is 10.0. The number of hydrogen-bond acceptors (Lipinski definition) is 10. The molecule has 0 amide bonds. The van der Waals surface area contributed by atoms with Crippen molar-refractivity contribution < 1.29 is 18.5 Å². The Hall–Kier alpha value is -6.53. The molecule has 0 radical (unpaired) electrons. The lowest BCUT2D eigenvalue weighted by Gasteiger charge is -2.19. The van der Waals surface area contributed by atoms with E-state index in [0.29, 0.717) is 39.5 Å². The van der Waals surface area contributed by atoms with Crippen LogP contribution in [0, 0.1) is 13.8 Å². The zero-order chi connectivity index (χ0) is 38.2. The Bertz CT molecular complexity index is 2430. The largest absolute Gasteiger partial charge is 0.477 e. The van der Waals surface area contributed by atoms with Gasteiger partial charge in [0.1, 0.15) is 29.8 Å². The molecule has 6 aromatic rings. The van der Waals surface area contributed by atoms with Crippen LogP contribution in [0.3, 0.4) is 0 Å². The van der Waals surface area contributed by atoms with Gasteiger partial charge < -0.3 is 18.5 Å². The molecule has 0 saturated carbocycles. The van der Waals surface area contributed by atoms with Crippen molar-refractivity contribution in [1.29, 1.82) is 0 Å². The fraction of sp³-hybridized carbons (Fsp3) is 0.171. The molecule has 0 fully saturated rings. The van der Waals surface area contributed by atoms with Gasteiger partial charge in [0.25, 0.3) is 17.0 Å². The van der Waals surface area contributed by atoms with Crippen LogP contribution in [0.25, 0.3) is 22.3 Å². The number of rotatable bonds is 13. The number of aryl methyl sites for hydroxylation is 4. The van der Waals surface area contributed by atoms with Gasteiger partial charge in [0, 0.05) is 21.1 Å². The number of para-hydroxylation sites is 2. The lowest BCUT2D eigenvalue weighted by molar-refractivity contribution is 0.283. The minimum atomic E-state index is -0.251. The number of hydrazone groups is 2. The Morgan fingerprint density at radius 3 is 1.72 bits per heavy atom. The molecule has 0 aliphatic heterocycles. The highest BCUT2D eigenvalue weighted by Gasteiger charge is 2.20. The summed E-state index contributed by atoms with van der Waals surface area (Å²) in [6.45, 7) is 3.67. The summed E-state index contributed by atoms with van der Waals surface area (Å²) in [4.78, 5) is 25.8. The van der Waals surface area contributed by atoms with Crippen LogP contribution in [0.4, 0.5) is 11.4 Å². The van der Waals surface area contributed by atoms with Gasteiger partial charge in [-0.05, 0) is 60.4 Å². The normalized spacial score (nSPS) is 12.0. The predicted molar refractivity (Wildman–Crippen MR) is 211 cm³/mol. The molecule has 54 heavy (non-hydrogen) atoms. The number of aromatic nitrogens is 2. The topological polar surface area (TPSA) is 120 Å². The fourth-order valence-electron chi connectivity index (χ4n) is 5.85. The highest BCUT2D eigenvalue weighted by molar-refractivity contribution is 6.42. The van der Waals surface area contributed by atoms with Crippen molar-refractivity contribution in [3.05, 3.63) is 164 Å². The van der Waals surface area contributed by atoms with Crippen molar-refractivity contribution in [2.24, 2.45) is 24.3 Å². The Morgan fingerprint density at radius 2 is 1.20 bits per heavy atom. The number of hydrogen-bond donors (Lipinski definition) is 0. The zero-order valence-corrected chi connectivity index (χ0v) is 31.2. The van der Waals surface area contributed by atoms with Crippen LogP contribution >= 0.6 is 11.6 Å². The van der Waals surface area contributed by atoms with E-state index in [2.05, 4.69) is 5.10 Å². The molecule has 13 heteroatoms. The Labute approximate surface area is 316 Å². The summed E-state index contributed by atoms with van der Waals surface area (Å²) in [6.07, 6.45) is 2.88. The van der Waals surface area contributed by atoms with Crippen LogP contribution < -0.4 is 21.1 Å². The number of anilines is 2. The highest BCUT2D eigenvalue weighted by atomic mass is 35.5. The van der Waals surface area contributed by atoms with Crippen molar-refractivity contribution in [3.63, 3.8) is 0 Å². The Morgan fingerprint density at radius 1 is 0.722 bits per heavy atom. The Kier molecular flexibility index (Phi) is 11.6. The molecule has 0 aliphatic carbocycles. The third-order valence-electron chi connectivity index (χ3n) is 8.51. The summed E-state index contributed by atoms with van der Waals surface area (Å²) in [5.74, 6) is 1.10. The van der Waals surface area contributed by atoms with E-state index < -0.39 is 0 Å². The van der Waals surface area contributed by atoms with Gasteiger partial charge in [0.2, 0.25) is 0 Å². The van der Waals surface area contributed by atoms with Crippen LogP contribution in [0.1, 0.15) is 22.6 Å². The van der Waals surface area contributed by atoms with Gasteiger partial charge >= 0.3 is 0 Å². The second-order valence-electron chi connectivity index (χ2n) is 12.2. The quantitative estimate of drug-likeness (QED) is 0.0664. The summed E-state index contributed by atoms with van der Waals surface area (Å²) in [6, 6.07) is 33.8. The van der Waals surface area contributed by atoms with Gasteiger partial charge in [-0.15, -0.1) is 10.2 Å². The number of ether oxygens (including phenoxy) is 2. The molecular weight excluding hydrogens is 708 g/mol. The number of nitrogens with zero attached hydrogens (tertiary/aromatic N) is 6. The fourth-order valence-corrected chi connectivity index (χ4v) is 6.03. The average Bonchev–Trinajstić information content (AvgIpc) is 3.60. The monoisotopic (exact) mass is 746 g/mol. The van der Waals surface area contributed by atoms with Crippen LogP contribution in [-0.4, -0.2) is 28.8 Å². The van der Waals surface area contributed by atoms with Crippen LogP contribution in [0.15, 0.2) is 149 Å². The van der Waals surface area contributed by atoms with Crippen LogP contribution in [-0.2, 0) is 36.8 Å². The molecule has 0 spiro atoms. The maximum atomic E-state index is 13.0. The van der Waals surface area contributed by atoms with Crippen molar-refractivity contribution >= 4 is 35.3 Å². The van der Waals surface area contributed by atoms with Crippen molar-refractivity contribution in [3.8, 4) is 22.3 Å². The molecule has 276 valence electrons. The van der Waals surface area contributed by atoms with E-state index in [1.54, 1.807) is 46.2 Å². The summed E-state index contributed by atoms with van der Waals surface area (Å²) in [7, 11) is 4.94. The summed E-state index contributed by atoms with van der Waals surface area (Å²) < 4.78 is 25.8. The first kappa shape index (κ1) is 37.2. The van der Waals surface area contributed by atoms with E-state index >= 15 is 0 Å². The lowest BCUT2D eigenvalue weighted by Crippen LogP contribution is -2.18. The third kappa shape index (κ3) is 8.40. The first-order valence-electron chi connectivity index (χ1n) is 17.0. The maximum Gasteiger partial charge on any atom is 0.290 e. The summed E-state index contributed by atoms with van der Waals surface area (Å²) in [5, 5.41) is 12.6. The second kappa shape index (κ2) is 16.9. The second-order valence-corrected chi connectivity index (χ2v) is 12.6. The molecule has 0 atom stereocenters. The first-order chi connectivity index (χ1) is 26.1. The molecular formula is C41H39ClN6O6. The minimum Gasteiger partial charge on any atom is -0.477 e. The van der Waals surface area contributed by atoms with E-state index in [1.807, 2.05) is 109 Å². The van der Waals surface area contributed by atoms with E-state index in [4.69, 9.17) is 35.2 Å². The van der Waals surface area contributed by atoms with Gasteiger partial charge in [-0.2, -0.15) is 9.48 Å². The molecule has 12 nitrogen and oxygen atoms in total. The van der Waals surface area contributed by atoms with Gasteiger partial charge in [-0.3, -0.25) is 14.6 Å². The van der Waals surface area contributed by atoms with Crippen LogP contribution in [0.5, 0.6) is 0 Å². The van der Waals surface area contributed by atoms with Crippen LogP contribution in [0.2, 0.25) is 0 Å². The molecule has 2 heterocycles. The molecule has 0 saturated heterocycles. The molecule has 0 aliphatic rings. The Balaban J connectivity index is 1.30. The SMILES string of the molecule is Cc1on(C)c(=O)c1-c1ccccc1CO/C=N\N(/C=C(Cl)\C(=N\N(C)c1ccccc1)OCc1ccccc1-c1c(C)on(C)c1=O)c1ccccc1. The molecule has 2 aromatic heterocycles. The van der Waals surface area contributed by atoms with Gasteiger partial charge in [-0.1, -0.05) is 96.5 Å². The first-order valence-corrected chi connectivity index (χ1v) is 17.4. The van der Waals surface area contributed by atoms with Gasteiger partial charge in [0.05, 0.1) is 28.7 Å². The molecule has 0 N–H and O–H groups in total. The summed E-state index contributed by atoms with van der Waals surface area (Å²) in [5.41, 5.74) is 4.83. The van der Waals surface area contributed by atoms with Crippen molar-refractivity contribution in [1.82, 2.24) is 9.48 Å². The number of halogens is 1. The zero-order valence-electron chi connectivity index (χ0n) is 30.5. The van der Waals surface area contributed by atoms with E-state index in [-0.39, 0.29) is 35.3 Å². The average molecular weight is 747 g/mol. The molecule has 4 aromatic carbocycles. The van der Waals surface area contributed by atoms with Crippen molar-refractivity contribution in [2.45, 2.75) is 27.1 Å². The third-order valence-corrected chi connectivity index (χ3v) is 8.76. The number of benzene rings is 4. The van der Waals surface area contributed by atoms with Crippen molar-refractivity contribution in [2.75, 3.05) is 17.1 Å². The van der Waals surface area contributed by atoms with Gasteiger partial charge in [0.15, 0.2) is 6.40 Å². The van der Waals surface area contributed by atoms with E-state index in [0.717, 1.165) is 16.8 Å². The smallest absolute Gasteiger partial charge is 0.290 e. The maximum absolute atomic E-state index is 13.0. The van der Waals surface area contributed by atoms with E-state index in [9.17, 15) is 9.59 Å². The standard InChI is InChI=1S/C41H39ClN6O6/c1-28-37(40(49)46(4)53-28)34-22-14-12-16-30(34)25-51-27-43-48(33-20-10-7-11-21-33)24-36(42)39(44-45(3)32-18-8-6-9-19-32)52-26-31-17-13-15-23-35(31)38-29(2)54-47(5)41(38)50/h6-24,27H,25-26H2,1-5H3/b36-24+,43-27-,44-39-. The molecule has 0 unspecified atom stereocenters. The van der Waals surface area contributed by atoms with E-state index in [1.165, 1.54) is 20.9 Å². The summed E-state index contributed by atoms with van der Waals surface area (Å²) >= 11 is 7.04. The highest BCUT2D eigenvalue weighted by Crippen LogP contribution is 2.27.